The van der Waals surface area contributed by atoms with Crippen LogP contribution >= 0.6 is 11.8 Å². The summed E-state index contributed by atoms with van der Waals surface area (Å²) < 4.78 is 2.35. The summed E-state index contributed by atoms with van der Waals surface area (Å²) in [5.41, 5.74) is 4.50. The second kappa shape index (κ2) is 14.7. The Morgan fingerprint density at radius 1 is 0.853 bits per heavy atom. The summed E-state index contributed by atoms with van der Waals surface area (Å²) in [7, 11) is 0. The first-order chi connectivity index (χ1) is 16.7. The van der Waals surface area contributed by atoms with E-state index in [4.69, 9.17) is 4.98 Å². The van der Waals surface area contributed by atoms with Crippen molar-refractivity contribution >= 4 is 17.7 Å². The molecule has 0 aliphatic heterocycles. The third-order valence-corrected chi connectivity index (χ3v) is 6.87. The van der Waals surface area contributed by atoms with E-state index >= 15 is 0 Å². The summed E-state index contributed by atoms with van der Waals surface area (Å²) in [5, 5.41) is 4.11. The molecule has 0 atom stereocenters. The fourth-order valence-electron chi connectivity index (χ4n) is 4.15. The molecule has 5 heteroatoms. The number of aromatic nitrogens is 2. The van der Waals surface area contributed by atoms with E-state index in [0.29, 0.717) is 13.0 Å². The smallest absolute Gasteiger partial charge is 0.220 e. The minimum atomic E-state index is 0.169. The molecule has 182 valence electrons. The molecule has 3 aromatic rings. The standard InChI is InChI=1S/C29H39N3OS/c1-3-5-6-7-8-15-20-26(33)30-21-23-34-29-31-27(24-16-11-9-12-17-24)28(32(29)22-4-2)25-18-13-10-14-19-25/h9-14,16-19H,3-8,15,20-23H2,1-2H3,(H,30,33). The van der Waals surface area contributed by atoms with Crippen LogP contribution in [0.2, 0.25) is 0 Å². The molecular weight excluding hydrogens is 438 g/mol. The van der Waals surface area contributed by atoms with Crippen molar-refractivity contribution in [1.82, 2.24) is 14.9 Å². The zero-order valence-corrected chi connectivity index (χ0v) is 21.6. The van der Waals surface area contributed by atoms with Gasteiger partial charge in [0, 0.05) is 36.4 Å². The maximum Gasteiger partial charge on any atom is 0.220 e. The van der Waals surface area contributed by atoms with Crippen molar-refractivity contribution in [2.75, 3.05) is 12.3 Å². The lowest BCUT2D eigenvalue weighted by atomic mass is 10.0. The molecule has 1 N–H and O–H groups in total. The zero-order valence-electron chi connectivity index (χ0n) is 20.8. The number of thioether (sulfide) groups is 1. The van der Waals surface area contributed by atoms with E-state index in [1.165, 1.54) is 36.9 Å². The molecule has 0 aliphatic carbocycles. The number of rotatable bonds is 15. The molecule has 0 saturated heterocycles. The van der Waals surface area contributed by atoms with Crippen LogP contribution in [0.25, 0.3) is 22.5 Å². The third kappa shape index (κ3) is 7.76. The minimum absolute atomic E-state index is 0.169. The van der Waals surface area contributed by atoms with Crippen LogP contribution in [0, 0.1) is 0 Å². The Labute approximate surface area is 209 Å². The van der Waals surface area contributed by atoms with Crippen LogP contribution in [-0.4, -0.2) is 27.8 Å². The van der Waals surface area contributed by atoms with E-state index in [0.717, 1.165) is 48.0 Å². The molecule has 0 radical (unpaired) electrons. The monoisotopic (exact) mass is 477 g/mol. The number of amides is 1. The second-order valence-electron chi connectivity index (χ2n) is 8.69. The molecule has 3 rings (SSSR count). The van der Waals surface area contributed by atoms with E-state index in [-0.39, 0.29) is 5.91 Å². The molecule has 0 saturated carbocycles. The number of hydrogen-bond acceptors (Lipinski definition) is 3. The quantitative estimate of drug-likeness (QED) is 0.181. The number of hydrogen-bond donors (Lipinski definition) is 1. The average molecular weight is 478 g/mol. The molecule has 34 heavy (non-hydrogen) atoms. The highest BCUT2D eigenvalue weighted by Crippen LogP contribution is 2.36. The summed E-state index contributed by atoms with van der Waals surface area (Å²) in [6, 6.07) is 21.0. The number of unbranched alkanes of at least 4 members (excludes halogenated alkanes) is 5. The fraction of sp³-hybridized carbons (Fsp3) is 0.448. The molecule has 0 unspecified atom stereocenters. The Morgan fingerprint density at radius 3 is 2.18 bits per heavy atom. The van der Waals surface area contributed by atoms with Gasteiger partial charge >= 0.3 is 0 Å². The van der Waals surface area contributed by atoms with Gasteiger partial charge < -0.3 is 9.88 Å². The largest absolute Gasteiger partial charge is 0.355 e. The highest BCUT2D eigenvalue weighted by molar-refractivity contribution is 7.99. The van der Waals surface area contributed by atoms with Gasteiger partial charge in [-0.2, -0.15) is 0 Å². The van der Waals surface area contributed by atoms with E-state index in [2.05, 4.69) is 78.3 Å². The number of carbonyl (C=O) groups excluding carboxylic acids is 1. The van der Waals surface area contributed by atoms with Crippen molar-refractivity contribution in [1.29, 1.82) is 0 Å². The highest BCUT2D eigenvalue weighted by atomic mass is 32.2. The Kier molecular flexibility index (Phi) is 11.3. The van der Waals surface area contributed by atoms with Crippen molar-refractivity contribution in [3.63, 3.8) is 0 Å². The maximum atomic E-state index is 12.2. The first-order valence-electron chi connectivity index (χ1n) is 12.9. The number of nitrogens with zero attached hydrogens (tertiary/aromatic N) is 2. The Morgan fingerprint density at radius 2 is 1.50 bits per heavy atom. The SMILES string of the molecule is CCCCCCCCC(=O)NCCSc1nc(-c2ccccc2)c(-c2ccccc2)n1CCC. The van der Waals surface area contributed by atoms with Crippen LogP contribution < -0.4 is 5.32 Å². The Balaban J connectivity index is 1.64. The molecule has 4 nitrogen and oxygen atoms in total. The van der Waals surface area contributed by atoms with E-state index in [9.17, 15) is 4.79 Å². The lowest BCUT2D eigenvalue weighted by Gasteiger charge is -2.12. The van der Waals surface area contributed by atoms with Gasteiger partial charge in [-0.3, -0.25) is 4.79 Å². The molecule has 2 aromatic carbocycles. The van der Waals surface area contributed by atoms with Crippen molar-refractivity contribution in [2.24, 2.45) is 0 Å². The second-order valence-corrected chi connectivity index (χ2v) is 9.75. The molecule has 0 spiro atoms. The first kappa shape index (κ1) is 26.1. The summed E-state index contributed by atoms with van der Waals surface area (Å²) in [5.74, 6) is 0.980. The lowest BCUT2D eigenvalue weighted by molar-refractivity contribution is -0.121. The van der Waals surface area contributed by atoms with Gasteiger partial charge in [-0.25, -0.2) is 4.98 Å². The van der Waals surface area contributed by atoms with Crippen molar-refractivity contribution < 1.29 is 4.79 Å². The zero-order chi connectivity index (χ0) is 24.0. The normalized spacial score (nSPS) is 11.0. The van der Waals surface area contributed by atoms with Crippen molar-refractivity contribution in [3.05, 3.63) is 60.7 Å². The number of imidazole rings is 1. The van der Waals surface area contributed by atoms with E-state index in [1.54, 1.807) is 11.8 Å². The number of nitrogens with one attached hydrogen (secondary N) is 1. The molecular formula is C29H39N3OS. The van der Waals surface area contributed by atoms with Gasteiger partial charge in [0.2, 0.25) is 5.91 Å². The summed E-state index contributed by atoms with van der Waals surface area (Å²) in [4.78, 5) is 17.3. The van der Waals surface area contributed by atoms with Gasteiger partial charge in [0.15, 0.2) is 5.16 Å². The number of benzene rings is 2. The highest BCUT2D eigenvalue weighted by Gasteiger charge is 2.19. The topological polar surface area (TPSA) is 46.9 Å². The van der Waals surface area contributed by atoms with Gasteiger partial charge in [0.25, 0.3) is 0 Å². The van der Waals surface area contributed by atoms with Crippen LogP contribution in [0.3, 0.4) is 0 Å². The molecule has 1 aromatic heterocycles. The summed E-state index contributed by atoms with van der Waals surface area (Å²) in [6.07, 6.45) is 8.90. The Bertz CT molecular complexity index is 985. The fourth-order valence-corrected chi connectivity index (χ4v) is 5.03. The van der Waals surface area contributed by atoms with Crippen LogP contribution in [0.4, 0.5) is 0 Å². The lowest BCUT2D eigenvalue weighted by Crippen LogP contribution is -2.25. The average Bonchev–Trinajstić information content (AvgIpc) is 3.23. The molecule has 0 aliphatic rings. The summed E-state index contributed by atoms with van der Waals surface area (Å²) >= 11 is 1.73. The van der Waals surface area contributed by atoms with Gasteiger partial charge in [-0.15, -0.1) is 0 Å². The molecule has 0 fully saturated rings. The number of carbonyl (C=O) groups is 1. The van der Waals surface area contributed by atoms with Gasteiger partial charge in [0.05, 0.1) is 11.4 Å². The summed E-state index contributed by atoms with van der Waals surface area (Å²) in [6.45, 7) is 6.01. The van der Waals surface area contributed by atoms with Crippen molar-refractivity contribution in [2.45, 2.75) is 76.9 Å². The first-order valence-corrected chi connectivity index (χ1v) is 13.8. The molecule has 1 heterocycles. The van der Waals surface area contributed by atoms with Gasteiger partial charge in [-0.1, -0.05) is 118 Å². The maximum absolute atomic E-state index is 12.2. The van der Waals surface area contributed by atoms with Gasteiger partial charge in [-0.05, 0) is 12.8 Å². The Hall–Kier alpha value is -2.53. The third-order valence-electron chi connectivity index (χ3n) is 5.89. The van der Waals surface area contributed by atoms with Crippen LogP contribution in [0.15, 0.2) is 65.8 Å². The van der Waals surface area contributed by atoms with E-state index < -0.39 is 0 Å². The molecule has 1 amide bonds. The van der Waals surface area contributed by atoms with Crippen LogP contribution in [0.5, 0.6) is 0 Å². The minimum Gasteiger partial charge on any atom is -0.355 e. The van der Waals surface area contributed by atoms with Crippen LogP contribution in [-0.2, 0) is 11.3 Å². The molecule has 0 bridgehead atoms. The predicted molar refractivity (Wildman–Crippen MR) is 145 cm³/mol. The van der Waals surface area contributed by atoms with Crippen molar-refractivity contribution in [3.8, 4) is 22.5 Å². The predicted octanol–water partition coefficient (Wildman–Crippen LogP) is 7.59. The van der Waals surface area contributed by atoms with E-state index in [1.807, 2.05) is 6.07 Å². The van der Waals surface area contributed by atoms with Crippen LogP contribution in [0.1, 0.15) is 65.2 Å². The van der Waals surface area contributed by atoms with Gasteiger partial charge in [0.1, 0.15) is 0 Å².